The van der Waals surface area contributed by atoms with Crippen LogP contribution in [0, 0.1) is 0 Å². The highest BCUT2D eigenvalue weighted by Crippen LogP contribution is 2.39. The number of nitrogens with one attached hydrogen (secondary N) is 1. The molecule has 0 fully saturated rings. The molecule has 1 heterocycles. The summed E-state index contributed by atoms with van der Waals surface area (Å²) in [5.74, 6) is 0.265. The predicted octanol–water partition coefficient (Wildman–Crippen LogP) is 2.41. The molecule has 0 saturated heterocycles. The topological polar surface area (TPSA) is 67.8 Å². The molecule has 1 unspecified atom stereocenters. The molecule has 1 aromatic carbocycles. The van der Waals surface area contributed by atoms with E-state index >= 15 is 0 Å². The van der Waals surface area contributed by atoms with Crippen molar-refractivity contribution in [2.75, 3.05) is 6.79 Å². The summed E-state index contributed by atoms with van der Waals surface area (Å²) in [6, 6.07) is 3.55. The Hall–Kier alpha value is -1.46. The lowest BCUT2D eigenvalue weighted by atomic mass is 9.99. The summed E-state index contributed by atoms with van der Waals surface area (Å²) in [5, 5.41) is 12.7. The van der Waals surface area contributed by atoms with Crippen LogP contribution in [0.2, 0.25) is 5.02 Å². The molecule has 0 aromatic heterocycles. The molecular formula is C13H16ClNO4. The Morgan fingerprint density at radius 1 is 1.53 bits per heavy atom. The number of ether oxygens (including phenoxy) is 2. The highest BCUT2D eigenvalue weighted by molar-refractivity contribution is 6.32. The van der Waals surface area contributed by atoms with Gasteiger partial charge in [0.15, 0.2) is 11.5 Å². The molecular weight excluding hydrogens is 270 g/mol. The summed E-state index contributed by atoms with van der Waals surface area (Å²) >= 11 is 6.07. The van der Waals surface area contributed by atoms with E-state index < -0.39 is 11.5 Å². The Labute approximate surface area is 116 Å². The van der Waals surface area contributed by atoms with Crippen molar-refractivity contribution in [2.24, 2.45) is 0 Å². The van der Waals surface area contributed by atoms with Gasteiger partial charge in [-0.05, 0) is 31.0 Å². The van der Waals surface area contributed by atoms with E-state index in [0.29, 0.717) is 29.5 Å². The van der Waals surface area contributed by atoms with E-state index in [2.05, 4.69) is 5.32 Å². The van der Waals surface area contributed by atoms with Crippen molar-refractivity contribution in [3.63, 3.8) is 0 Å². The molecule has 6 heteroatoms. The molecule has 0 bridgehead atoms. The Morgan fingerprint density at radius 3 is 2.89 bits per heavy atom. The molecule has 104 valence electrons. The quantitative estimate of drug-likeness (QED) is 0.869. The zero-order valence-corrected chi connectivity index (χ0v) is 11.6. The second kappa shape index (κ2) is 5.27. The third kappa shape index (κ3) is 2.77. The molecule has 1 atom stereocenters. The van der Waals surface area contributed by atoms with Crippen molar-refractivity contribution in [1.82, 2.24) is 5.32 Å². The van der Waals surface area contributed by atoms with E-state index in [-0.39, 0.29) is 6.79 Å². The normalized spacial score (nSPS) is 16.2. The summed E-state index contributed by atoms with van der Waals surface area (Å²) < 4.78 is 10.5. The molecule has 1 aliphatic heterocycles. The van der Waals surface area contributed by atoms with Gasteiger partial charge in [0.25, 0.3) is 0 Å². The molecule has 0 radical (unpaired) electrons. The number of aliphatic carboxylic acids is 1. The number of benzene rings is 1. The number of carboxylic acid groups (broad SMARTS) is 1. The second-order valence-electron chi connectivity index (χ2n) is 4.66. The average molecular weight is 286 g/mol. The van der Waals surface area contributed by atoms with E-state index in [0.717, 1.165) is 5.56 Å². The third-order valence-electron chi connectivity index (χ3n) is 3.35. The minimum atomic E-state index is -0.956. The van der Waals surface area contributed by atoms with Crippen LogP contribution in [0.15, 0.2) is 12.1 Å². The SMILES string of the molecule is CCC(C)(NCc1cc(Cl)c2c(c1)OCO2)C(=O)O. The fourth-order valence-electron chi connectivity index (χ4n) is 1.77. The van der Waals surface area contributed by atoms with Gasteiger partial charge in [-0.15, -0.1) is 0 Å². The largest absolute Gasteiger partial charge is 0.480 e. The van der Waals surface area contributed by atoms with Crippen LogP contribution in [-0.2, 0) is 11.3 Å². The number of fused-ring (bicyclic) bond motifs is 1. The molecule has 19 heavy (non-hydrogen) atoms. The first-order valence-corrected chi connectivity index (χ1v) is 6.40. The standard InChI is InChI=1S/C13H16ClNO4/c1-3-13(2,12(16)17)15-6-8-4-9(14)11-10(5-8)18-7-19-11/h4-5,15H,3,6-7H2,1-2H3,(H,16,17). The van der Waals surface area contributed by atoms with Crippen molar-refractivity contribution < 1.29 is 19.4 Å². The lowest BCUT2D eigenvalue weighted by Gasteiger charge is -2.24. The number of hydrogen-bond donors (Lipinski definition) is 2. The Morgan fingerprint density at radius 2 is 2.26 bits per heavy atom. The maximum atomic E-state index is 11.2. The van der Waals surface area contributed by atoms with E-state index in [1.807, 2.05) is 6.92 Å². The van der Waals surface area contributed by atoms with Gasteiger partial charge in [0.05, 0.1) is 5.02 Å². The summed E-state index contributed by atoms with van der Waals surface area (Å²) in [7, 11) is 0. The molecule has 0 amide bonds. The maximum absolute atomic E-state index is 11.2. The minimum absolute atomic E-state index is 0.160. The molecule has 5 nitrogen and oxygen atoms in total. The molecule has 0 saturated carbocycles. The first kappa shape index (κ1) is 14.0. The van der Waals surface area contributed by atoms with Crippen LogP contribution >= 0.6 is 11.6 Å². The van der Waals surface area contributed by atoms with Crippen LogP contribution in [0.5, 0.6) is 11.5 Å². The lowest BCUT2D eigenvalue weighted by Crippen LogP contribution is -2.48. The van der Waals surface area contributed by atoms with Gasteiger partial charge >= 0.3 is 5.97 Å². The van der Waals surface area contributed by atoms with E-state index in [9.17, 15) is 9.90 Å². The summed E-state index contributed by atoms with van der Waals surface area (Å²) in [6.45, 7) is 4.04. The van der Waals surface area contributed by atoms with Gasteiger partial charge in [0.2, 0.25) is 6.79 Å². The van der Waals surface area contributed by atoms with E-state index in [1.165, 1.54) is 0 Å². The molecule has 2 rings (SSSR count). The van der Waals surface area contributed by atoms with E-state index in [1.54, 1.807) is 19.1 Å². The number of hydrogen-bond acceptors (Lipinski definition) is 4. The van der Waals surface area contributed by atoms with Crippen LogP contribution in [0.1, 0.15) is 25.8 Å². The van der Waals surface area contributed by atoms with Crippen molar-refractivity contribution in [2.45, 2.75) is 32.4 Å². The van der Waals surface area contributed by atoms with Crippen LogP contribution in [-0.4, -0.2) is 23.4 Å². The van der Waals surface area contributed by atoms with Crippen LogP contribution in [0.4, 0.5) is 0 Å². The van der Waals surface area contributed by atoms with Gasteiger partial charge in [-0.3, -0.25) is 10.1 Å². The van der Waals surface area contributed by atoms with E-state index in [4.69, 9.17) is 21.1 Å². The summed E-state index contributed by atoms with van der Waals surface area (Å²) in [5.41, 5.74) is -0.0989. The third-order valence-corrected chi connectivity index (χ3v) is 3.63. The van der Waals surface area contributed by atoms with Gasteiger partial charge in [-0.25, -0.2) is 0 Å². The van der Waals surface area contributed by atoms with Crippen molar-refractivity contribution in [3.05, 3.63) is 22.7 Å². The van der Waals surface area contributed by atoms with Crippen molar-refractivity contribution >= 4 is 17.6 Å². The summed E-state index contributed by atoms with van der Waals surface area (Å²) in [4.78, 5) is 11.2. The molecule has 1 aromatic rings. The fraction of sp³-hybridized carbons (Fsp3) is 0.462. The number of rotatable bonds is 5. The minimum Gasteiger partial charge on any atom is -0.480 e. The van der Waals surface area contributed by atoms with Gasteiger partial charge in [-0.2, -0.15) is 0 Å². The zero-order valence-electron chi connectivity index (χ0n) is 10.8. The number of carbonyl (C=O) groups is 1. The highest BCUT2D eigenvalue weighted by atomic mass is 35.5. The Kier molecular flexibility index (Phi) is 3.87. The van der Waals surface area contributed by atoms with Crippen LogP contribution < -0.4 is 14.8 Å². The molecule has 2 N–H and O–H groups in total. The van der Waals surface area contributed by atoms with Gasteiger partial charge in [-0.1, -0.05) is 18.5 Å². The first-order chi connectivity index (χ1) is 8.96. The number of carboxylic acids is 1. The summed E-state index contributed by atoms with van der Waals surface area (Å²) in [6.07, 6.45) is 0.487. The molecule has 1 aliphatic rings. The zero-order chi connectivity index (χ0) is 14.0. The lowest BCUT2D eigenvalue weighted by molar-refractivity contribution is -0.144. The predicted molar refractivity (Wildman–Crippen MR) is 70.7 cm³/mol. The number of halogens is 1. The second-order valence-corrected chi connectivity index (χ2v) is 5.06. The molecule has 0 aliphatic carbocycles. The Bertz CT molecular complexity index is 506. The Balaban J connectivity index is 2.12. The van der Waals surface area contributed by atoms with Gasteiger partial charge in [0, 0.05) is 6.54 Å². The van der Waals surface area contributed by atoms with Gasteiger partial charge in [0.1, 0.15) is 5.54 Å². The monoisotopic (exact) mass is 285 g/mol. The van der Waals surface area contributed by atoms with Crippen molar-refractivity contribution in [3.8, 4) is 11.5 Å². The average Bonchev–Trinajstić information content (AvgIpc) is 2.84. The fourth-order valence-corrected chi connectivity index (χ4v) is 2.06. The van der Waals surface area contributed by atoms with Crippen LogP contribution in [0.3, 0.4) is 0 Å². The van der Waals surface area contributed by atoms with Crippen molar-refractivity contribution in [1.29, 1.82) is 0 Å². The highest BCUT2D eigenvalue weighted by Gasteiger charge is 2.30. The van der Waals surface area contributed by atoms with Gasteiger partial charge < -0.3 is 14.6 Å². The molecule has 0 spiro atoms. The smallest absolute Gasteiger partial charge is 0.323 e. The van der Waals surface area contributed by atoms with Crippen LogP contribution in [0.25, 0.3) is 0 Å². The first-order valence-electron chi connectivity index (χ1n) is 6.02. The maximum Gasteiger partial charge on any atom is 0.323 e.